The Bertz CT molecular complexity index is 805. The van der Waals surface area contributed by atoms with E-state index in [1.807, 2.05) is 12.1 Å². The number of carbonyl (C=O) groups is 2. The molecule has 0 saturated carbocycles. The highest BCUT2D eigenvalue weighted by Gasteiger charge is 2.16. The molecule has 1 aliphatic rings. The van der Waals surface area contributed by atoms with Crippen LogP contribution in [0.5, 0.6) is 0 Å². The van der Waals surface area contributed by atoms with E-state index in [-0.39, 0.29) is 5.91 Å². The lowest BCUT2D eigenvalue weighted by Crippen LogP contribution is -2.45. The van der Waals surface area contributed by atoms with E-state index in [2.05, 4.69) is 15.2 Å². The van der Waals surface area contributed by atoms with Gasteiger partial charge in [0.2, 0.25) is 6.41 Å². The number of nitrogens with zero attached hydrogens (tertiary/aromatic N) is 4. The maximum absolute atomic E-state index is 12.3. The van der Waals surface area contributed by atoms with E-state index < -0.39 is 0 Å². The zero-order valence-electron chi connectivity index (χ0n) is 13.6. The minimum atomic E-state index is -0.326. The summed E-state index contributed by atoms with van der Waals surface area (Å²) in [5.74, 6) is -0.326. The van der Waals surface area contributed by atoms with E-state index in [1.165, 1.54) is 0 Å². The fourth-order valence-electron chi connectivity index (χ4n) is 2.65. The summed E-state index contributed by atoms with van der Waals surface area (Å²) in [5, 5.41) is 11.6. The number of piperazine rings is 1. The summed E-state index contributed by atoms with van der Waals surface area (Å²) in [5.41, 5.74) is 2.27. The molecule has 0 atom stereocenters. The number of pyridine rings is 1. The van der Waals surface area contributed by atoms with Crippen molar-refractivity contribution in [1.82, 2.24) is 9.88 Å². The lowest BCUT2D eigenvalue weighted by Gasteiger charge is -2.33. The number of anilines is 2. The third kappa shape index (κ3) is 3.93. The monoisotopic (exact) mass is 335 g/mol. The second-order valence-electron chi connectivity index (χ2n) is 5.68. The Kier molecular flexibility index (Phi) is 4.90. The average molecular weight is 335 g/mol. The number of benzene rings is 1. The van der Waals surface area contributed by atoms with Gasteiger partial charge in [-0.1, -0.05) is 6.07 Å². The van der Waals surface area contributed by atoms with Crippen molar-refractivity contribution in [2.75, 3.05) is 36.4 Å². The molecule has 1 fully saturated rings. The van der Waals surface area contributed by atoms with Gasteiger partial charge in [0.05, 0.1) is 23.5 Å². The maximum Gasteiger partial charge on any atom is 0.274 e. The largest absolute Gasteiger partial charge is 0.367 e. The predicted octanol–water partition coefficient (Wildman–Crippen LogP) is 1.48. The first kappa shape index (κ1) is 16.5. The molecule has 1 saturated heterocycles. The molecule has 1 N–H and O–H groups in total. The molecular formula is C18H17N5O2. The second kappa shape index (κ2) is 7.45. The van der Waals surface area contributed by atoms with Crippen molar-refractivity contribution in [3.05, 3.63) is 53.9 Å². The van der Waals surface area contributed by atoms with Crippen LogP contribution in [-0.4, -0.2) is 48.4 Å². The van der Waals surface area contributed by atoms with E-state index in [4.69, 9.17) is 5.26 Å². The molecule has 1 aromatic carbocycles. The average Bonchev–Trinajstić information content (AvgIpc) is 2.68. The predicted molar refractivity (Wildman–Crippen MR) is 93.2 cm³/mol. The lowest BCUT2D eigenvalue weighted by molar-refractivity contribution is -0.118. The minimum Gasteiger partial charge on any atom is -0.367 e. The van der Waals surface area contributed by atoms with Crippen molar-refractivity contribution in [1.29, 1.82) is 5.26 Å². The minimum absolute atomic E-state index is 0.303. The summed E-state index contributed by atoms with van der Waals surface area (Å²) in [4.78, 5) is 31.1. The van der Waals surface area contributed by atoms with Crippen molar-refractivity contribution >= 4 is 23.7 Å². The van der Waals surface area contributed by atoms with Gasteiger partial charge >= 0.3 is 0 Å². The molecule has 25 heavy (non-hydrogen) atoms. The number of nitriles is 1. The molecule has 7 heteroatoms. The molecule has 2 amide bonds. The number of hydrogen-bond acceptors (Lipinski definition) is 5. The normalized spacial score (nSPS) is 13.9. The second-order valence-corrected chi connectivity index (χ2v) is 5.68. The Balaban J connectivity index is 1.64. The molecule has 2 aromatic rings. The maximum atomic E-state index is 12.3. The van der Waals surface area contributed by atoms with Gasteiger partial charge in [-0.25, -0.2) is 4.98 Å². The van der Waals surface area contributed by atoms with Crippen molar-refractivity contribution < 1.29 is 9.59 Å². The van der Waals surface area contributed by atoms with Crippen LogP contribution in [0.3, 0.4) is 0 Å². The van der Waals surface area contributed by atoms with Crippen LogP contribution in [0.4, 0.5) is 11.4 Å². The van der Waals surface area contributed by atoms with Gasteiger partial charge in [-0.05, 0) is 30.3 Å². The van der Waals surface area contributed by atoms with E-state index in [1.54, 1.807) is 41.4 Å². The highest BCUT2D eigenvalue weighted by Crippen LogP contribution is 2.16. The number of aromatic nitrogens is 1. The van der Waals surface area contributed by atoms with Gasteiger partial charge in [0.15, 0.2) is 0 Å². The molecule has 0 aliphatic carbocycles. The van der Waals surface area contributed by atoms with Gasteiger partial charge < -0.3 is 15.1 Å². The third-order valence-electron chi connectivity index (χ3n) is 4.06. The van der Waals surface area contributed by atoms with Gasteiger partial charge in [0.25, 0.3) is 5.91 Å². The van der Waals surface area contributed by atoms with Crippen molar-refractivity contribution in [2.24, 2.45) is 0 Å². The van der Waals surface area contributed by atoms with E-state index >= 15 is 0 Å². The first-order chi connectivity index (χ1) is 12.2. The van der Waals surface area contributed by atoms with Crippen LogP contribution in [0, 0.1) is 11.3 Å². The van der Waals surface area contributed by atoms with Gasteiger partial charge in [-0.2, -0.15) is 5.26 Å². The zero-order valence-corrected chi connectivity index (χ0v) is 13.6. The Morgan fingerprint density at radius 3 is 2.64 bits per heavy atom. The van der Waals surface area contributed by atoms with Gasteiger partial charge in [0, 0.05) is 31.9 Å². The van der Waals surface area contributed by atoms with Crippen molar-refractivity contribution in [3.63, 3.8) is 0 Å². The number of hydrogen-bond donors (Lipinski definition) is 1. The van der Waals surface area contributed by atoms with Crippen LogP contribution >= 0.6 is 0 Å². The van der Waals surface area contributed by atoms with Crippen molar-refractivity contribution in [3.8, 4) is 6.07 Å². The number of nitrogens with one attached hydrogen (secondary N) is 1. The molecule has 0 radical (unpaired) electrons. The Morgan fingerprint density at radius 2 is 2.00 bits per heavy atom. The van der Waals surface area contributed by atoms with E-state index in [0.717, 1.165) is 25.2 Å². The number of amides is 2. The fraction of sp³-hybridized carbons (Fsp3) is 0.222. The quantitative estimate of drug-likeness (QED) is 0.855. The highest BCUT2D eigenvalue weighted by atomic mass is 16.2. The lowest BCUT2D eigenvalue weighted by atomic mass is 10.2. The molecule has 7 nitrogen and oxygen atoms in total. The molecular weight excluding hydrogens is 318 g/mol. The Labute approximate surface area is 145 Å². The SMILES string of the molecule is N#Cc1cccc(NC(=O)c2ccc(N3CCN(C=O)CC3)cn2)c1. The fourth-order valence-corrected chi connectivity index (χ4v) is 2.65. The van der Waals surface area contributed by atoms with Gasteiger partial charge in [-0.3, -0.25) is 9.59 Å². The molecule has 3 rings (SSSR count). The standard InChI is InChI=1S/C18H17N5O2/c19-11-14-2-1-3-15(10-14)21-18(25)17-5-4-16(12-20-17)23-8-6-22(13-24)7-9-23/h1-5,10,12-13H,6-9H2,(H,21,25). The molecule has 1 aliphatic heterocycles. The van der Waals surface area contributed by atoms with Crippen LogP contribution in [0.15, 0.2) is 42.6 Å². The third-order valence-corrected chi connectivity index (χ3v) is 4.06. The smallest absolute Gasteiger partial charge is 0.274 e. The van der Waals surface area contributed by atoms with Crippen LogP contribution in [0.1, 0.15) is 16.1 Å². The summed E-state index contributed by atoms with van der Waals surface area (Å²) in [6.45, 7) is 2.85. The van der Waals surface area contributed by atoms with Gasteiger partial charge in [-0.15, -0.1) is 0 Å². The van der Waals surface area contributed by atoms with Crippen LogP contribution in [0.2, 0.25) is 0 Å². The van der Waals surface area contributed by atoms with Crippen LogP contribution in [-0.2, 0) is 4.79 Å². The molecule has 0 unspecified atom stereocenters. The summed E-state index contributed by atoms with van der Waals surface area (Å²) in [6, 6.07) is 12.3. The molecule has 0 bridgehead atoms. The van der Waals surface area contributed by atoms with E-state index in [9.17, 15) is 9.59 Å². The van der Waals surface area contributed by atoms with Crippen LogP contribution in [0.25, 0.3) is 0 Å². The molecule has 0 spiro atoms. The first-order valence-electron chi connectivity index (χ1n) is 7.91. The highest BCUT2D eigenvalue weighted by molar-refractivity contribution is 6.03. The van der Waals surface area contributed by atoms with E-state index in [0.29, 0.717) is 30.0 Å². The molecule has 126 valence electrons. The van der Waals surface area contributed by atoms with Crippen molar-refractivity contribution in [2.45, 2.75) is 0 Å². The summed E-state index contributed by atoms with van der Waals surface area (Å²) < 4.78 is 0. The van der Waals surface area contributed by atoms with Crippen LogP contribution < -0.4 is 10.2 Å². The topological polar surface area (TPSA) is 89.3 Å². The summed E-state index contributed by atoms with van der Waals surface area (Å²) >= 11 is 0. The number of rotatable bonds is 4. The van der Waals surface area contributed by atoms with Gasteiger partial charge in [0.1, 0.15) is 5.69 Å². The Morgan fingerprint density at radius 1 is 1.20 bits per heavy atom. The summed E-state index contributed by atoms with van der Waals surface area (Å²) in [7, 11) is 0. The molecule has 2 heterocycles. The molecule has 1 aromatic heterocycles. The number of carbonyl (C=O) groups excluding carboxylic acids is 2. The Hall–Kier alpha value is -3.40. The first-order valence-corrected chi connectivity index (χ1v) is 7.91. The zero-order chi connectivity index (χ0) is 17.6. The summed E-state index contributed by atoms with van der Waals surface area (Å²) in [6.07, 6.45) is 2.53.